The number of halogens is 1. The number of amides is 1. The molecule has 1 aliphatic heterocycles. The molecule has 2 rings (SSSR count). The van der Waals surface area contributed by atoms with Gasteiger partial charge in [0.05, 0.1) is 6.54 Å². The zero-order valence-electron chi connectivity index (χ0n) is 13.7. The Kier molecular flexibility index (Phi) is 5.76. The summed E-state index contributed by atoms with van der Waals surface area (Å²) in [6.45, 7) is 9.20. The number of nitrogens with zero attached hydrogens (tertiary/aromatic N) is 1. The molecule has 124 valence electrons. The van der Waals surface area contributed by atoms with Crippen LogP contribution in [0.5, 0.6) is 0 Å². The molecule has 1 fully saturated rings. The van der Waals surface area contributed by atoms with Crippen LogP contribution in [-0.2, 0) is 11.3 Å². The van der Waals surface area contributed by atoms with Gasteiger partial charge in [-0.15, -0.1) is 0 Å². The van der Waals surface area contributed by atoms with Crippen LogP contribution in [0.15, 0.2) is 16.5 Å². The Morgan fingerprint density at radius 1 is 1.50 bits per heavy atom. The minimum absolute atomic E-state index is 0.109. The van der Waals surface area contributed by atoms with E-state index in [4.69, 9.17) is 9.15 Å². The first-order chi connectivity index (χ1) is 10.3. The van der Waals surface area contributed by atoms with E-state index in [0.29, 0.717) is 6.54 Å². The average molecular weight is 420 g/mol. The second kappa shape index (κ2) is 7.21. The molecule has 1 N–H and O–H groups in total. The van der Waals surface area contributed by atoms with Crippen molar-refractivity contribution in [1.82, 2.24) is 10.2 Å². The van der Waals surface area contributed by atoms with Gasteiger partial charge in [0.2, 0.25) is 0 Å². The number of hydrogen-bond acceptors (Lipinski definition) is 4. The van der Waals surface area contributed by atoms with Crippen molar-refractivity contribution in [3.05, 3.63) is 21.7 Å². The van der Waals surface area contributed by atoms with Crippen molar-refractivity contribution >= 4 is 28.7 Å². The minimum Gasteiger partial charge on any atom is -0.454 e. The molecule has 2 unspecified atom stereocenters. The number of carbonyl (C=O) groups excluding carboxylic acids is 1. The van der Waals surface area contributed by atoms with Crippen LogP contribution in [0.4, 0.5) is 4.79 Å². The lowest BCUT2D eigenvalue weighted by molar-refractivity contribution is 0.00690. The fraction of sp³-hybridized carbons (Fsp3) is 0.688. The Morgan fingerprint density at radius 3 is 2.82 bits per heavy atom. The van der Waals surface area contributed by atoms with E-state index in [2.05, 4.69) is 34.8 Å². The molecule has 0 bridgehead atoms. The van der Waals surface area contributed by atoms with E-state index in [0.717, 1.165) is 28.9 Å². The van der Waals surface area contributed by atoms with Crippen molar-refractivity contribution < 1.29 is 13.9 Å². The van der Waals surface area contributed by atoms with Gasteiger partial charge >= 0.3 is 6.09 Å². The van der Waals surface area contributed by atoms with Crippen molar-refractivity contribution in [3.8, 4) is 0 Å². The molecule has 0 spiro atoms. The molecule has 5 nitrogen and oxygen atoms in total. The summed E-state index contributed by atoms with van der Waals surface area (Å²) in [6, 6.07) is 4.30. The molecule has 6 heteroatoms. The summed E-state index contributed by atoms with van der Waals surface area (Å²) >= 11 is 2.16. The molecule has 1 amide bonds. The standard InChI is InChI=1S/C16H25IN2O3/c1-11-13(18-10-12-7-8-14(17)21-12)6-5-9-19(11)15(20)22-16(2,3)4/h7-8,11,13,18H,5-6,9-10H2,1-4H3. The van der Waals surface area contributed by atoms with Gasteiger partial charge < -0.3 is 19.4 Å². The molecule has 0 radical (unpaired) electrons. The van der Waals surface area contributed by atoms with Gasteiger partial charge in [-0.1, -0.05) is 0 Å². The normalized spacial score (nSPS) is 22.7. The second-order valence-electron chi connectivity index (χ2n) is 6.75. The monoisotopic (exact) mass is 420 g/mol. The van der Waals surface area contributed by atoms with Crippen LogP contribution in [0, 0.1) is 3.77 Å². The van der Waals surface area contributed by atoms with E-state index in [-0.39, 0.29) is 18.2 Å². The average Bonchev–Trinajstić information content (AvgIpc) is 2.81. The summed E-state index contributed by atoms with van der Waals surface area (Å²) < 4.78 is 12.0. The highest BCUT2D eigenvalue weighted by molar-refractivity contribution is 14.1. The molecular weight excluding hydrogens is 395 g/mol. The number of rotatable bonds is 3. The zero-order chi connectivity index (χ0) is 16.3. The Bertz CT molecular complexity index is 510. The molecule has 0 saturated carbocycles. The number of nitrogens with one attached hydrogen (secondary N) is 1. The largest absolute Gasteiger partial charge is 0.454 e. The molecule has 0 aliphatic carbocycles. The maximum atomic E-state index is 12.3. The lowest BCUT2D eigenvalue weighted by atomic mass is 9.98. The molecule has 1 saturated heterocycles. The predicted molar refractivity (Wildman–Crippen MR) is 93.7 cm³/mol. The molecule has 1 aromatic heterocycles. The smallest absolute Gasteiger partial charge is 0.410 e. The van der Waals surface area contributed by atoms with Gasteiger partial charge in [-0.25, -0.2) is 4.79 Å². The molecule has 22 heavy (non-hydrogen) atoms. The lowest BCUT2D eigenvalue weighted by Crippen LogP contribution is -2.55. The fourth-order valence-corrected chi connectivity index (χ4v) is 3.14. The van der Waals surface area contributed by atoms with E-state index in [1.807, 2.05) is 37.8 Å². The highest BCUT2D eigenvalue weighted by atomic mass is 127. The first-order valence-corrected chi connectivity index (χ1v) is 8.81. The van der Waals surface area contributed by atoms with Gasteiger partial charge in [-0.05, 0) is 75.3 Å². The summed E-state index contributed by atoms with van der Waals surface area (Å²) in [7, 11) is 0. The van der Waals surface area contributed by atoms with Crippen LogP contribution in [-0.4, -0.2) is 35.2 Å². The van der Waals surface area contributed by atoms with Crippen molar-refractivity contribution in [2.45, 2.75) is 64.8 Å². The van der Waals surface area contributed by atoms with E-state index < -0.39 is 5.60 Å². The zero-order valence-corrected chi connectivity index (χ0v) is 15.8. The fourth-order valence-electron chi connectivity index (χ4n) is 2.67. The van der Waals surface area contributed by atoms with Crippen LogP contribution in [0.2, 0.25) is 0 Å². The first-order valence-electron chi connectivity index (χ1n) is 7.73. The second-order valence-corrected chi connectivity index (χ2v) is 7.81. The van der Waals surface area contributed by atoms with Gasteiger partial charge in [0.15, 0.2) is 3.77 Å². The number of likely N-dealkylation sites (tertiary alicyclic amines) is 1. The minimum atomic E-state index is -0.456. The van der Waals surface area contributed by atoms with E-state index in [1.165, 1.54) is 0 Å². The third-order valence-corrected chi connectivity index (χ3v) is 4.36. The maximum Gasteiger partial charge on any atom is 0.410 e. The Hall–Kier alpha value is -0.760. The Balaban J connectivity index is 1.91. The number of carbonyl (C=O) groups is 1. The summed E-state index contributed by atoms with van der Waals surface area (Å²) in [6.07, 6.45) is 1.81. The lowest BCUT2D eigenvalue weighted by Gasteiger charge is -2.40. The van der Waals surface area contributed by atoms with E-state index in [1.54, 1.807) is 0 Å². The van der Waals surface area contributed by atoms with Crippen molar-refractivity contribution in [2.24, 2.45) is 0 Å². The molecular formula is C16H25IN2O3. The van der Waals surface area contributed by atoms with Gasteiger partial charge in [0.1, 0.15) is 11.4 Å². The first kappa shape index (κ1) is 17.6. The van der Waals surface area contributed by atoms with Crippen LogP contribution >= 0.6 is 22.6 Å². The summed E-state index contributed by atoms with van der Waals surface area (Å²) in [5.41, 5.74) is -0.456. The molecule has 2 atom stereocenters. The maximum absolute atomic E-state index is 12.3. The molecule has 0 aromatic carbocycles. The predicted octanol–water partition coefficient (Wildman–Crippen LogP) is 3.76. The Morgan fingerprint density at radius 2 is 2.23 bits per heavy atom. The Labute approximate surface area is 145 Å². The van der Waals surface area contributed by atoms with Gasteiger partial charge in [0, 0.05) is 18.6 Å². The van der Waals surface area contributed by atoms with Crippen LogP contribution in [0.25, 0.3) is 0 Å². The van der Waals surface area contributed by atoms with Gasteiger partial charge in [-0.3, -0.25) is 0 Å². The number of hydrogen-bond donors (Lipinski definition) is 1. The third-order valence-electron chi connectivity index (χ3n) is 3.78. The number of ether oxygens (including phenoxy) is 1. The topological polar surface area (TPSA) is 54.7 Å². The van der Waals surface area contributed by atoms with Crippen molar-refractivity contribution in [1.29, 1.82) is 0 Å². The SMILES string of the molecule is CC1C(NCc2ccc(I)o2)CCCN1C(=O)OC(C)(C)C. The molecule has 1 aliphatic rings. The summed E-state index contributed by atoms with van der Waals surface area (Å²) in [5, 5.41) is 3.50. The number of piperidine rings is 1. The van der Waals surface area contributed by atoms with Crippen LogP contribution in [0.3, 0.4) is 0 Å². The third kappa shape index (κ3) is 4.87. The van der Waals surface area contributed by atoms with E-state index in [9.17, 15) is 4.79 Å². The molecule has 1 aromatic rings. The van der Waals surface area contributed by atoms with Gasteiger partial charge in [0.25, 0.3) is 0 Å². The van der Waals surface area contributed by atoms with Crippen molar-refractivity contribution in [3.63, 3.8) is 0 Å². The number of furan rings is 1. The summed E-state index contributed by atoms with van der Waals surface area (Å²) in [4.78, 5) is 14.1. The van der Waals surface area contributed by atoms with Crippen molar-refractivity contribution in [2.75, 3.05) is 6.54 Å². The van der Waals surface area contributed by atoms with Crippen LogP contribution < -0.4 is 5.32 Å². The van der Waals surface area contributed by atoms with E-state index >= 15 is 0 Å². The van der Waals surface area contributed by atoms with Crippen LogP contribution in [0.1, 0.15) is 46.3 Å². The summed E-state index contributed by atoms with van der Waals surface area (Å²) in [5.74, 6) is 0.922. The van der Waals surface area contributed by atoms with Gasteiger partial charge in [-0.2, -0.15) is 0 Å². The molecule has 2 heterocycles. The highest BCUT2D eigenvalue weighted by Gasteiger charge is 2.33. The highest BCUT2D eigenvalue weighted by Crippen LogP contribution is 2.21. The quantitative estimate of drug-likeness (QED) is 0.757.